The van der Waals surface area contributed by atoms with Gasteiger partial charge in [0.2, 0.25) is 17.6 Å². The van der Waals surface area contributed by atoms with Gasteiger partial charge in [-0.2, -0.15) is 0 Å². The number of carbonyl (C=O) groups is 4. The van der Waals surface area contributed by atoms with Gasteiger partial charge in [0.25, 0.3) is 11.5 Å². The van der Waals surface area contributed by atoms with Crippen LogP contribution in [0.5, 0.6) is 0 Å². The second-order valence-corrected chi connectivity index (χ2v) is 10.1. The SMILES string of the molecule is Nc1cccn([C@@H](CC2CCCCC2)C(=O)N[C@@H](C[C@@H]2CCNC2=O)C(=O)C(=O)NC2CC2)c1=O. The van der Waals surface area contributed by atoms with E-state index in [1.807, 2.05) is 0 Å². The van der Waals surface area contributed by atoms with Gasteiger partial charge >= 0.3 is 0 Å². The third-order valence-electron chi connectivity index (χ3n) is 7.38. The molecule has 4 rings (SSSR count). The number of hydrogen-bond acceptors (Lipinski definition) is 6. The lowest BCUT2D eigenvalue weighted by molar-refractivity contribution is -0.141. The Labute approximate surface area is 204 Å². The zero-order chi connectivity index (χ0) is 24.9. The summed E-state index contributed by atoms with van der Waals surface area (Å²) in [5, 5.41) is 8.15. The summed E-state index contributed by atoms with van der Waals surface area (Å²) in [5.41, 5.74) is 5.41. The summed E-state index contributed by atoms with van der Waals surface area (Å²) in [6, 6.07) is 1.07. The van der Waals surface area contributed by atoms with Gasteiger partial charge in [0, 0.05) is 24.7 Å². The highest BCUT2D eigenvalue weighted by Gasteiger charge is 2.37. The highest BCUT2D eigenvalue weighted by molar-refractivity contribution is 6.38. The van der Waals surface area contributed by atoms with Crippen LogP contribution in [-0.4, -0.2) is 46.7 Å². The lowest BCUT2D eigenvalue weighted by atomic mass is 9.84. The summed E-state index contributed by atoms with van der Waals surface area (Å²) < 4.78 is 1.33. The monoisotopic (exact) mass is 485 g/mol. The highest BCUT2D eigenvalue weighted by Crippen LogP contribution is 2.31. The first-order chi connectivity index (χ1) is 16.8. The quantitative estimate of drug-likeness (QED) is 0.360. The van der Waals surface area contributed by atoms with Crippen molar-refractivity contribution in [2.75, 3.05) is 12.3 Å². The lowest BCUT2D eigenvalue weighted by Gasteiger charge is -2.29. The Morgan fingerprint density at radius 2 is 1.80 bits per heavy atom. The zero-order valence-electron chi connectivity index (χ0n) is 20.0. The van der Waals surface area contributed by atoms with E-state index in [0.717, 1.165) is 44.9 Å². The van der Waals surface area contributed by atoms with Gasteiger partial charge in [-0.05, 0) is 50.2 Å². The first-order valence-electron chi connectivity index (χ1n) is 12.7. The molecule has 1 saturated heterocycles. The molecule has 10 heteroatoms. The van der Waals surface area contributed by atoms with E-state index in [4.69, 9.17) is 5.73 Å². The van der Waals surface area contributed by atoms with Crippen molar-refractivity contribution in [3.05, 3.63) is 28.7 Å². The minimum atomic E-state index is -1.15. The molecule has 2 heterocycles. The van der Waals surface area contributed by atoms with Gasteiger partial charge in [-0.15, -0.1) is 0 Å². The van der Waals surface area contributed by atoms with Crippen molar-refractivity contribution in [3.8, 4) is 0 Å². The van der Waals surface area contributed by atoms with Crippen LogP contribution in [0.4, 0.5) is 5.69 Å². The van der Waals surface area contributed by atoms with Crippen LogP contribution in [0.3, 0.4) is 0 Å². The minimum Gasteiger partial charge on any atom is -0.394 e. The largest absolute Gasteiger partial charge is 0.394 e. The number of nitrogens with zero attached hydrogens (tertiary/aromatic N) is 1. The van der Waals surface area contributed by atoms with Gasteiger partial charge in [0.05, 0.1) is 11.7 Å². The second kappa shape index (κ2) is 11.0. The van der Waals surface area contributed by atoms with E-state index >= 15 is 0 Å². The Morgan fingerprint density at radius 3 is 2.46 bits per heavy atom. The maximum atomic E-state index is 13.6. The molecule has 2 saturated carbocycles. The number of anilines is 1. The molecule has 0 unspecified atom stereocenters. The third kappa shape index (κ3) is 6.29. The van der Waals surface area contributed by atoms with Crippen molar-refractivity contribution in [2.24, 2.45) is 11.8 Å². The molecule has 2 aliphatic carbocycles. The van der Waals surface area contributed by atoms with Crippen LogP contribution in [0, 0.1) is 11.8 Å². The van der Waals surface area contributed by atoms with E-state index in [2.05, 4.69) is 16.0 Å². The fourth-order valence-electron chi connectivity index (χ4n) is 5.15. The van der Waals surface area contributed by atoms with Gasteiger partial charge in [-0.3, -0.25) is 24.0 Å². The first kappa shape index (κ1) is 24.9. The predicted octanol–water partition coefficient (Wildman–Crippen LogP) is 0.801. The maximum Gasteiger partial charge on any atom is 0.289 e. The second-order valence-electron chi connectivity index (χ2n) is 10.1. The van der Waals surface area contributed by atoms with E-state index in [0.29, 0.717) is 19.4 Å². The molecular formula is C25H35N5O5. The smallest absolute Gasteiger partial charge is 0.289 e. The van der Waals surface area contributed by atoms with E-state index < -0.39 is 41.2 Å². The predicted molar refractivity (Wildman–Crippen MR) is 129 cm³/mol. The number of Topliss-reactive ketones (excluding diaryl/α,β-unsaturated/α-hetero) is 1. The molecule has 0 radical (unpaired) electrons. The van der Waals surface area contributed by atoms with Crippen LogP contribution in [0.25, 0.3) is 0 Å². The first-order valence-corrected chi connectivity index (χ1v) is 12.7. The fourth-order valence-corrected chi connectivity index (χ4v) is 5.15. The van der Waals surface area contributed by atoms with Crippen molar-refractivity contribution in [2.45, 2.75) is 82.3 Å². The molecule has 0 aromatic carbocycles. The van der Waals surface area contributed by atoms with E-state index in [-0.39, 0.29) is 30.0 Å². The molecule has 0 bridgehead atoms. The molecule has 10 nitrogen and oxygen atoms in total. The summed E-state index contributed by atoms with van der Waals surface area (Å²) in [5.74, 6) is -2.42. The number of nitrogens with two attached hydrogens (primary N) is 1. The van der Waals surface area contributed by atoms with Crippen LogP contribution < -0.4 is 27.2 Å². The number of amides is 3. The Morgan fingerprint density at radius 1 is 1.06 bits per heavy atom. The lowest BCUT2D eigenvalue weighted by Crippen LogP contribution is -2.51. The Hall–Kier alpha value is -3.17. The van der Waals surface area contributed by atoms with Gasteiger partial charge in [0.15, 0.2) is 0 Å². The van der Waals surface area contributed by atoms with E-state index in [1.54, 1.807) is 6.07 Å². The molecule has 1 aromatic rings. The van der Waals surface area contributed by atoms with Crippen LogP contribution in [0.15, 0.2) is 23.1 Å². The summed E-state index contributed by atoms with van der Waals surface area (Å²) in [7, 11) is 0. The van der Waals surface area contributed by atoms with Crippen LogP contribution in [0.2, 0.25) is 0 Å². The zero-order valence-corrected chi connectivity index (χ0v) is 20.0. The minimum absolute atomic E-state index is 0.0116. The summed E-state index contributed by atoms with van der Waals surface area (Å²) in [4.78, 5) is 64.2. The highest BCUT2D eigenvalue weighted by atomic mass is 16.2. The topological polar surface area (TPSA) is 152 Å². The number of aromatic nitrogens is 1. The molecule has 5 N–H and O–H groups in total. The third-order valence-corrected chi connectivity index (χ3v) is 7.38. The number of nitrogen functional groups attached to an aromatic ring is 1. The maximum absolute atomic E-state index is 13.6. The summed E-state index contributed by atoms with van der Waals surface area (Å²) >= 11 is 0. The van der Waals surface area contributed by atoms with E-state index in [1.165, 1.54) is 16.8 Å². The number of nitrogens with one attached hydrogen (secondary N) is 3. The van der Waals surface area contributed by atoms with Gasteiger partial charge in [-0.25, -0.2) is 0 Å². The average molecular weight is 486 g/mol. The Bertz CT molecular complexity index is 1030. The Balaban J connectivity index is 1.56. The number of ketones is 1. The molecular weight excluding hydrogens is 450 g/mol. The van der Waals surface area contributed by atoms with E-state index in [9.17, 15) is 24.0 Å². The van der Waals surface area contributed by atoms with Gasteiger partial charge in [-0.1, -0.05) is 32.1 Å². The molecule has 3 fully saturated rings. The number of hydrogen-bond donors (Lipinski definition) is 4. The van der Waals surface area contributed by atoms with Crippen LogP contribution >= 0.6 is 0 Å². The fraction of sp³-hybridized carbons (Fsp3) is 0.640. The normalized spacial score (nSPS) is 22.2. The summed E-state index contributed by atoms with van der Waals surface area (Å²) in [6.45, 7) is 0.496. The molecule has 1 aromatic heterocycles. The number of rotatable bonds is 10. The molecule has 35 heavy (non-hydrogen) atoms. The van der Waals surface area contributed by atoms with Crippen molar-refractivity contribution in [1.82, 2.24) is 20.5 Å². The molecule has 3 atom stereocenters. The average Bonchev–Trinajstić information content (AvgIpc) is 3.58. The van der Waals surface area contributed by atoms with Gasteiger partial charge < -0.3 is 26.3 Å². The van der Waals surface area contributed by atoms with Crippen LogP contribution in [-0.2, 0) is 19.2 Å². The summed E-state index contributed by atoms with van der Waals surface area (Å²) in [6.07, 6.45) is 9.42. The molecule has 3 amide bonds. The molecule has 0 spiro atoms. The van der Waals surface area contributed by atoms with Crippen molar-refractivity contribution in [3.63, 3.8) is 0 Å². The molecule has 3 aliphatic rings. The van der Waals surface area contributed by atoms with Crippen molar-refractivity contribution < 1.29 is 19.2 Å². The number of pyridine rings is 1. The van der Waals surface area contributed by atoms with Crippen molar-refractivity contribution >= 4 is 29.2 Å². The molecule has 1 aliphatic heterocycles. The van der Waals surface area contributed by atoms with Crippen molar-refractivity contribution in [1.29, 1.82) is 0 Å². The standard InChI is InChI=1S/C25H35N5O5/c26-18-7-4-12-30(25(18)35)20(13-15-5-2-1-3-6-15)23(33)29-19(14-16-10-11-27-22(16)32)21(31)24(34)28-17-8-9-17/h4,7,12,15-17,19-20H,1-3,5-6,8-11,13-14,26H2,(H,27,32)(H,28,34)(H,29,33)/t16-,19-,20-/m0/s1. The van der Waals surface area contributed by atoms with Crippen LogP contribution in [0.1, 0.15) is 70.3 Å². The van der Waals surface area contributed by atoms with Gasteiger partial charge in [0.1, 0.15) is 6.04 Å². The Kier molecular flexibility index (Phi) is 7.87. The molecule has 190 valence electrons. The number of carbonyl (C=O) groups excluding carboxylic acids is 4.